The van der Waals surface area contributed by atoms with Crippen LogP contribution in [0.15, 0.2) is 24.3 Å². The molecule has 1 saturated carbocycles. The van der Waals surface area contributed by atoms with E-state index in [9.17, 15) is 8.42 Å². The van der Waals surface area contributed by atoms with Gasteiger partial charge in [-0.2, -0.15) is 0 Å². The fourth-order valence-electron chi connectivity index (χ4n) is 1.56. The minimum absolute atomic E-state index is 0.0390. The maximum Gasteiger partial charge on any atom is 0.216 e. The van der Waals surface area contributed by atoms with Crippen molar-refractivity contribution in [3.05, 3.63) is 35.4 Å². The first-order valence-electron chi connectivity index (χ1n) is 5.37. The third kappa shape index (κ3) is 3.30. The number of sulfonamides is 1. The molecule has 0 unspecified atom stereocenters. The average Bonchev–Trinajstić information content (AvgIpc) is 3.00. The molecule has 0 spiro atoms. The molecule has 0 atom stereocenters. The molecule has 4 nitrogen and oxygen atoms in total. The lowest BCUT2D eigenvalue weighted by Gasteiger charge is -2.06. The topological polar surface area (TPSA) is 72.2 Å². The summed E-state index contributed by atoms with van der Waals surface area (Å²) < 4.78 is 26.1. The summed E-state index contributed by atoms with van der Waals surface area (Å²) in [6.07, 6.45) is 1.92. The summed E-state index contributed by atoms with van der Waals surface area (Å²) in [4.78, 5) is 0. The highest BCUT2D eigenvalue weighted by molar-refractivity contribution is 7.88. The minimum Gasteiger partial charge on any atom is -0.326 e. The van der Waals surface area contributed by atoms with Crippen molar-refractivity contribution in [3.8, 4) is 0 Å². The van der Waals surface area contributed by atoms with Crippen molar-refractivity contribution in [3.63, 3.8) is 0 Å². The summed E-state index contributed by atoms with van der Waals surface area (Å²) >= 11 is 0. The zero-order valence-electron chi connectivity index (χ0n) is 9.02. The smallest absolute Gasteiger partial charge is 0.216 e. The number of nitrogens with one attached hydrogen (secondary N) is 1. The second-order valence-corrected chi connectivity index (χ2v) is 5.93. The highest BCUT2D eigenvalue weighted by Crippen LogP contribution is 2.20. The van der Waals surface area contributed by atoms with E-state index in [1.807, 2.05) is 24.3 Å². The number of nitrogens with two attached hydrogens (primary N) is 1. The SMILES string of the molecule is NCc1cccc(CS(=O)(=O)NC2CC2)c1. The lowest BCUT2D eigenvalue weighted by atomic mass is 10.1. The number of hydrogen-bond donors (Lipinski definition) is 2. The van der Waals surface area contributed by atoms with Crippen LogP contribution in [0.4, 0.5) is 0 Å². The number of rotatable bonds is 5. The van der Waals surface area contributed by atoms with E-state index in [4.69, 9.17) is 5.73 Å². The van der Waals surface area contributed by atoms with Gasteiger partial charge in [0.05, 0.1) is 5.75 Å². The van der Waals surface area contributed by atoms with Gasteiger partial charge in [-0.15, -0.1) is 0 Å². The molecule has 0 amide bonds. The molecular formula is C11H16N2O2S. The zero-order chi connectivity index (χ0) is 11.6. The first kappa shape index (κ1) is 11.6. The Morgan fingerprint density at radius 1 is 1.31 bits per heavy atom. The molecule has 0 radical (unpaired) electrons. The molecular weight excluding hydrogens is 224 g/mol. The van der Waals surface area contributed by atoms with Crippen LogP contribution >= 0.6 is 0 Å². The molecule has 1 aliphatic rings. The van der Waals surface area contributed by atoms with Crippen LogP contribution in [-0.2, 0) is 22.3 Å². The van der Waals surface area contributed by atoms with Gasteiger partial charge in [0.1, 0.15) is 0 Å². The fourth-order valence-corrected chi connectivity index (χ4v) is 3.01. The predicted octanol–water partition coefficient (Wildman–Crippen LogP) is 0.727. The van der Waals surface area contributed by atoms with Crippen molar-refractivity contribution < 1.29 is 8.42 Å². The van der Waals surface area contributed by atoms with E-state index in [1.165, 1.54) is 0 Å². The Labute approximate surface area is 95.9 Å². The molecule has 16 heavy (non-hydrogen) atoms. The van der Waals surface area contributed by atoms with Gasteiger partial charge in [-0.1, -0.05) is 24.3 Å². The van der Waals surface area contributed by atoms with E-state index >= 15 is 0 Å². The fraction of sp³-hybridized carbons (Fsp3) is 0.455. The Balaban J connectivity index is 2.06. The van der Waals surface area contributed by atoms with Gasteiger partial charge in [0.2, 0.25) is 10.0 Å². The van der Waals surface area contributed by atoms with Crippen LogP contribution in [0.5, 0.6) is 0 Å². The van der Waals surface area contributed by atoms with E-state index in [2.05, 4.69) is 4.72 Å². The Hall–Kier alpha value is -0.910. The molecule has 0 aromatic heterocycles. The highest BCUT2D eigenvalue weighted by atomic mass is 32.2. The van der Waals surface area contributed by atoms with E-state index in [1.54, 1.807) is 0 Å². The Morgan fingerprint density at radius 3 is 2.62 bits per heavy atom. The highest BCUT2D eigenvalue weighted by Gasteiger charge is 2.26. The second kappa shape index (κ2) is 4.53. The lowest BCUT2D eigenvalue weighted by molar-refractivity contribution is 0.580. The summed E-state index contributed by atoms with van der Waals surface area (Å²) in [5.41, 5.74) is 7.25. The summed E-state index contributed by atoms with van der Waals surface area (Å²) in [5, 5.41) is 0. The summed E-state index contributed by atoms with van der Waals surface area (Å²) in [6, 6.07) is 7.55. The summed E-state index contributed by atoms with van der Waals surface area (Å²) in [6.45, 7) is 0.434. The van der Waals surface area contributed by atoms with Gasteiger partial charge in [-0.25, -0.2) is 13.1 Å². The normalized spacial score (nSPS) is 16.3. The molecule has 88 valence electrons. The zero-order valence-corrected chi connectivity index (χ0v) is 9.83. The van der Waals surface area contributed by atoms with Crippen molar-refractivity contribution in [1.82, 2.24) is 4.72 Å². The molecule has 2 rings (SSSR count). The molecule has 0 saturated heterocycles. The van der Waals surface area contributed by atoms with Gasteiger partial charge >= 0.3 is 0 Å². The van der Waals surface area contributed by atoms with Gasteiger partial charge in [-0.3, -0.25) is 0 Å². The maximum absolute atomic E-state index is 11.7. The van der Waals surface area contributed by atoms with E-state index in [-0.39, 0.29) is 11.8 Å². The van der Waals surface area contributed by atoms with E-state index in [0.29, 0.717) is 6.54 Å². The van der Waals surface area contributed by atoms with Gasteiger partial charge in [0, 0.05) is 12.6 Å². The van der Waals surface area contributed by atoms with Crippen LogP contribution in [0.1, 0.15) is 24.0 Å². The second-order valence-electron chi connectivity index (χ2n) is 4.18. The van der Waals surface area contributed by atoms with Crippen molar-refractivity contribution in [2.75, 3.05) is 0 Å². The monoisotopic (exact) mass is 240 g/mol. The quantitative estimate of drug-likeness (QED) is 0.797. The van der Waals surface area contributed by atoms with Gasteiger partial charge in [-0.05, 0) is 24.0 Å². The van der Waals surface area contributed by atoms with Crippen molar-refractivity contribution >= 4 is 10.0 Å². The molecule has 5 heteroatoms. The first-order valence-corrected chi connectivity index (χ1v) is 7.02. The van der Waals surface area contributed by atoms with Gasteiger partial charge in [0.25, 0.3) is 0 Å². The average molecular weight is 240 g/mol. The summed E-state index contributed by atoms with van der Waals surface area (Å²) in [7, 11) is -3.19. The lowest BCUT2D eigenvalue weighted by Crippen LogP contribution is -2.27. The number of hydrogen-bond acceptors (Lipinski definition) is 3. The van der Waals surface area contributed by atoms with Crippen molar-refractivity contribution in [1.29, 1.82) is 0 Å². The van der Waals surface area contributed by atoms with Crippen LogP contribution in [0.3, 0.4) is 0 Å². The Bertz CT molecular complexity index is 467. The van der Waals surface area contributed by atoms with Gasteiger partial charge < -0.3 is 5.73 Å². The first-order chi connectivity index (χ1) is 7.59. The summed E-state index contributed by atoms with van der Waals surface area (Å²) in [5.74, 6) is 0.0390. The molecule has 0 bridgehead atoms. The molecule has 1 aromatic carbocycles. The maximum atomic E-state index is 11.7. The largest absolute Gasteiger partial charge is 0.326 e. The standard InChI is InChI=1S/C11H16N2O2S/c12-7-9-2-1-3-10(6-9)8-16(14,15)13-11-4-5-11/h1-3,6,11,13H,4-5,7-8,12H2. The minimum atomic E-state index is -3.19. The Morgan fingerprint density at radius 2 is 2.00 bits per heavy atom. The van der Waals surface area contributed by atoms with Crippen LogP contribution in [0.2, 0.25) is 0 Å². The van der Waals surface area contributed by atoms with Gasteiger partial charge in [0.15, 0.2) is 0 Å². The van der Waals surface area contributed by atoms with Crippen molar-refractivity contribution in [2.24, 2.45) is 5.73 Å². The van der Waals surface area contributed by atoms with Crippen LogP contribution in [-0.4, -0.2) is 14.5 Å². The van der Waals surface area contributed by atoms with Crippen molar-refractivity contribution in [2.45, 2.75) is 31.2 Å². The third-order valence-electron chi connectivity index (χ3n) is 2.51. The third-order valence-corrected chi connectivity index (χ3v) is 3.91. The Kier molecular flexibility index (Phi) is 3.28. The molecule has 3 N–H and O–H groups in total. The van der Waals surface area contributed by atoms with Crippen LogP contribution in [0.25, 0.3) is 0 Å². The predicted molar refractivity (Wildman–Crippen MR) is 63.1 cm³/mol. The van der Waals surface area contributed by atoms with Crippen LogP contribution in [0, 0.1) is 0 Å². The number of benzene rings is 1. The molecule has 1 aliphatic carbocycles. The van der Waals surface area contributed by atoms with E-state index < -0.39 is 10.0 Å². The molecule has 0 aliphatic heterocycles. The van der Waals surface area contributed by atoms with E-state index in [0.717, 1.165) is 24.0 Å². The van der Waals surface area contributed by atoms with Crippen LogP contribution < -0.4 is 10.5 Å². The molecule has 1 aromatic rings. The molecule has 0 heterocycles. The molecule has 1 fully saturated rings.